The highest BCUT2D eigenvalue weighted by Gasteiger charge is 2.16. The summed E-state index contributed by atoms with van der Waals surface area (Å²) in [6, 6.07) is 5.07. The van der Waals surface area contributed by atoms with Crippen molar-refractivity contribution in [2.45, 2.75) is 0 Å². The molecule has 0 bridgehead atoms. The highest BCUT2D eigenvalue weighted by Crippen LogP contribution is 2.20. The van der Waals surface area contributed by atoms with Gasteiger partial charge in [-0.1, -0.05) is 6.07 Å². The van der Waals surface area contributed by atoms with Crippen molar-refractivity contribution in [2.75, 3.05) is 45.6 Å². The van der Waals surface area contributed by atoms with Gasteiger partial charge in [-0.3, -0.25) is 4.99 Å². The molecule has 0 saturated heterocycles. The summed E-state index contributed by atoms with van der Waals surface area (Å²) in [6.45, 7) is 3.16. The number of hydrogen-bond donors (Lipinski definition) is 2. The lowest BCUT2D eigenvalue weighted by molar-refractivity contribution is 0.425. The van der Waals surface area contributed by atoms with Gasteiger partial charge in [0.25, 0.3) is 0 Å². The van der Waals surface area contributed by atoms with Gasteiger partial charge in [-0.05, 0) is 26.2 Å². The first kappa shape index (κ1) is 12.8. The molecule has 1 aliphatic rings. The van der Waals surface area contributed by atoms with Gasteiger partial charge >= 0.3 is 0 Å². The molecule has 0 amide bonds. The molecule has 1 aromatic rings. The molecular weight excluding hydrogens is 231 g/mol. The van der Waals surface area contributed by atoms with Crippen LogP contribution < -0.4 is 10.6 Å². The van der Waals surface area contributed by atoms with Gasteiger partial charge in [0.1, 0.15) is 11.7 Å². The Morgan fingerprint density at radius 2 is 2.28 bits per heavy atom. The molecule has 0 aliphatic carbocycles. The largest absolute Gasteiger partial charge is 0.383 e. The van der Waals surface area contributed by atoms with Gasteiger partial charge in [0.2, 0.25) is 0 Å². The van der Waals surface area contributed by atoms with Gasteiger partial charge in [0, 0.05) is 25.3 Å². The zero-order valence-electron chi connectivity index (χ0n) is 10.8. The van der Waals surface area contributed by atoms with Gasteiger partial charge < -0.3 is 15.5 Å². The Labute approximate surface area is 107 Å². The minimum atomic E-state index is -0.238. The van der Waals surface area contributed by atoms with E-state index in [4.69, 9.17) is 0 Å². The molecule has 5 heteroatoms. The van der Waals surface area contributed by atoms with Crippen molar-refractivity contribution in [3.8, 4) is 0 Å². The van der Waals surface area contributed by atoms with E-state index in [-0.39, 0.29) is 5.82 Å². The number of rotatable bonds is 5. The second-order valence-corrected chi connectivity index (χ2v) is 4.55. The molecule has 0 saturated carbocycles. The Morgan fingerprint density at radius 1 is 1.44 bits per heavy atom. The quantitative estimate of drug-likeness (QED) is 0.823. The van der Waals surface area contributed by atoms with E-state index in [0.29, 0.717) is 17.9 Å². The number of aliphatic imine (C=N–C) groups is 1. The lowest BCUT2D eigenvalue weighted by Gasteiger charge is -2.15. The zero-order valence-corrected chi connectivity index (χ0v) is 10.8. The minimum absolute atomic E-state index is 0.238. The van der Waals surface area contributed by atoms with Crippen molar-refractivity contribution in [2.24, 2.45) is 4.99 Å². The van der Waals surface area contributed by atoms with Gasteiger partial charge in [-0.15, -0.1) is 0 Å². The van der Waals surface area contributed by atoms with E-state index >= 15 is 0 Å². The number of halogens is 1. The highest BCUT2D eigenvalue weighted by atomic mass is 19.1. The Morgan fingerprint density at radius 3 is 2.94 bits per heavy atom. The normalized spacial score (nSPS) is 14.6. The average molecular weight is 250 g/mol. The standard InChI is InChI=1S/C13H19FN4/c1-18(2)9-8-15-11-5-3-4-10(14)12(11)13-16-6-7-17-13/h3-5,15H,6-9H2,1-2H3,(H,16,17). The molecule has 4 nitrogen and oxygen atoms in total. The third-order valence-corrected chi connectivity index (χ3v) is 2.80. The third-order valence-electron chi connectivity index (χ3n) is 2.80. The van der Waals surface area contributed by atoms with Crippen molar-refractivity contribution in [1.82, 2.24) is 10.2 Å². The maximum absolute atomic E-state index is 13.9. The van der Waals surface area contributed by atoms with Crippen molar-refractivity contribution < 1.29 is 4.39 Å². The van der Waals surface area contributed by atoms with Crippen LogP contribution in [0.4, 0.5) is 10.1 Å². The molecule has 0 spiro atoms. The molecule has 0 fully saturated rings. The van der Waals surface area contributed by atoms with Crippen LogP contribution in [0.3, 0.4) is 0 Å². The highest BCUT2D eigenvalue weighted by molar-refractivity contribution is 6.04. The van der Waals surface area contributed by atoms with Crippen LogP contribution in [0.15, 0.2) is 23.2 Å². The summed E-state index contributed by atoms with van der Waals surface area (Å²) in [4.78, 5) is 6.37. The van der Waals surface area contributed by atoms with Crippen LogP contribution in [-0.2, 0) is 0 Å². The number of likely N-dealkylation sites (N-methyl/N-ethyl adjacent to an activating group) is 1. The van der Waals surface area contributed by atoms with Gasteiger partial charge in [-0.25, -0.2) is 4.39 Å². The van der Waals surface area contributed by atoms with E-state index in [9.17, 15) is 4.39 Å². The van der Waals surface area contributed by atoms with Crippen LogP contribution in [0.1, 0.15) is 5.56 Å². The Hall–Kier alpha value is -1.62. The minimum Gasteiger partial charge on any atom is -0.383 e. The predicted molar refractivity (Wildman–Crippen MR) is 72.9 cm³/mol. The fraction of sp³-hybridized carbons (Fsp3) is 0.462. The van der Waals surface area contributed by atoms with E-state index in [2.05, 4.69) is 20.5 Å². The fourth-order valence-corrected chi connectivity index (χ4v) is 1.89. The molecule has 1 aliphatic heterocycles. The summed E-state index contributed by atoms with van der Waals surface area (Å²) in [5, 5.41) is 6.37. The average Bonchev–Trinajstić information content (AvgIpc) is 2.82. The van der Waals surface area contributed by atoms with Crippen molar-refractivity contribution in [1.29, 1.82) is 0 Å². The third kappa shape index (κ3) is 2.98. The Bertz CT molecular complexity index is 443. The molecule has 1 heterocycles. The number of amidine groups is 1. The van der Waals surface area contributed by atoms with Crippen molar-refractivity contribution in [3.05, 3.63) is 29.6 Å². The van der Waals surface area contributed by atoms with Crippen LogP contribution in [0.5, 0.6) is 0 Å². The fourth-order valence-electron chi connectivity index (χ4n) is 1.89. The van der Waals surface area contributed by atoms with Gasteiger partial charge in [0.15, 0.2) is 0 Å². The Kier molecular flexibility index (Phi) is 4.15. The summed E-state index contributed by atoms with van der Waals surface area (Å²) >= 11 is 0. The molecule has 0 radical (unpaired) electrons. The maximum Gasteiger partial charge on any atom is 0.136 e. The molecular formula is C13H19FN4. The van der Waals surface area contributed by atoms with E-state index in [1.165, 1.54) is 6.07 Å². The number of benzene rings is 1. The molecule has 0 aromatic heterocycles. The summed E-state index contributed by atoms with van der Waals surface area (Å²) in [6.07, 6.45) is 0. The maximum atomic E-state index is 13.9. The molecule has 0 unspecified atom stereocenters. The van der Waals surface area contributed by atoms with Crippen LogP contribution in [0, 0.1) is 5.82 Å². The SMILES string of the molecule is CN(C)CCNc1cccc(F)c1C1=NCCN1. The number of nitrogens with zero attached hydrogens (tertiary/aromatic N) is 2. The topological polar surface area (TPSA) is 39.7 Å². The molecule has 1 aromatic carbocycles. The molecule has 2 rings (SSSR count). The van der Waals surface area contributed by atoms with Crippen LogP contribution >= 0.6 is 0 Å². The van der Waals surface area contributed by atoms with Crippen LogP contribution in [0.25, 0.3) is 0 Å². The predicted octanol–water partition coefficient (Wildman–Crippen LogP) is 1.15. The lowest BCUT2D eigenvalue weighted by Crippen LogP contribution is -2.24. The monoisotopic (exact) mass is 250 g/mol. The van der Waals surface area contributed by atoms with Crippen molar-refractivity contribution in [3.63, 3.8) is 0 Å². The first-order valence-corrected chi connectivity index (χ1v) is 6.14. The summed E-state index contributed by atoms with van der Waals surface area (Å²) in [5.74, 6) is 0.415. The molecule has 18 heavy (non-hydrogen) atoms. The number of hydrogen-bond acceptors (Lipinski definition) is 4. The first-order chi connectivity index (χ1) is 8.68. The molecule has 98 valence electrons. The number of nitrogens with one attached hydrogen (secondary N) is 2. The molecule has 2 N–H and O–H groups in total. The first-order valence-electron chi connectivity index (χ1n) is 6.14. The van der Waals surface area contributed by atoms with Gasteiger partial charge in [0.05, 0.1) is 12.1 Å². The van der Waals surface area contributed by atoms with Crippen molar-refractivity contribution >= 4 is 11.5 Å². The van der Waals surface area contributed by atoms with E-state index in [1.54, 1.807) is 6.07 Å². The number of anilines is 1. The molecule has 0 atom stereocenters. The smallest absolute Gasteiger partial charge is 0.136 e. The second-order valence-electron chi connectivity index (χ2n) is 4.55. The van der Waals surface area contributed by atoms with Gasteiger partial charge in [-0.2, -0.15) is 0 Å². The van der Waals surface area contributed by atoms with E-state index in [1.807, 2.05) is 20.2 Å². The van der Waals surface area contributed by atoms with Crippen LogP contribution in [0.2, 0.25) is 0 Å². The lowest BCUT2D eigenvalue weighted by atomic mass is 10.1. The summed E-state index contributed by atoms with van der Waals surface area (Å²) < 4.78 is 13.9. The second kappa shape index (κ2) is 5.82. The van der Waals surface area contributed by atoms with E-state index < -0.39 is 0 Å². The summed E-state index contributed by atoms with van der Waals surface area (Å²) in [5.41, 5.74) is 1.35. The Balaban J connectivity index is 2.16. The van der Waals surface area contributed by atoms with Crippen LogP contribution in [-0.4, -0.2) is 51.0 Å². The summed E-state index contributed by atoms with van der Waals surface area (Å²) in [7, 11) is 4.02. The zero-order chi connectivity index (χ0) is 13.0. The van der Waals surface area contributed by atoms with E-state index in [0.717, 1.165) is 25.3 Å².